The van der Waals surface area contributed by atoms with Gasteiger partial charge in [0.25, 0.3) is 17.7 Å². The van der Waals surface area contributed by atoms with Crippen LogP contribution in [0.2, 0.25) is 5.02 Å². The smallest absolute Gasteiger partial charge is 0.262 e. The van der Waals surface area contributed by atoms with Gasteiger partial charge >= 0.3 is 0 Å². The van der Waals surface area contributed by atoms with Gasteiger partial charge < -0.3 is 4.74 Å². The molecule has 4 rings (SSSR count). The first-order chi connectivity index (χ1) is 12.5. The molecule has 0 spiro atoms. The van der Waals surface area contributed by atoms with E-state index in [0.717, 1.165) is 10.5 Å². The summed E-state index contributed by atoms with van der Waals surface area (Å²) < 4.78 is 5.15. The zero-order valence-corrected chi connectivity index (χ0v) is 14.7. The summed E-state index contributed by atoms with van der Waals surface area (Å²) in [5.41, 5.74) is 2.11. The van der Waals surface area contributed by atoms with Crippen molar-refractivity contribution in [1.82, 2.24) is 4.90 Å². The SMILES string of the molecule is COCN1C(=O)[C@@H](N2C(=O)c3ccccc3C2=O)Cc2ccc(Cl)cc21. The van der Waals surface area contributed by atoms with Crippen LogP contribution in [0.1, 0.15) is 26.3 Å². The highest BCUT2D eigenvalue weighted by molar-refractivity contribution is 6.31. The number of hydrogen-bond donors (Lipinski definition) is 0. The number of methoxy groups -OCH3 is 1. The van der Waals surface area contributed by atoms with E-state index in [1.54, 1.807) is 42.5 Å². The first kappa shape index (κ1) is 16.8. The van der Waals surface area contributed by atoms with E-state index in [1.165, 1.54) is 12.0 Å². The second kappa shape index (κ2) is 6.23. The molecule has 0 fully saturated rings. The highest BCUT2D eigenvalue weighted by Gasteiger charge is 2.46. The summed E-state index contributed by atoms with van der Waals surface area (Å²) in [6, 6.07) is 10.9. The summed E-state index contributed by atoms with van der Waals surface area (Å²) in [4.78, 5) is 41.1. The molecular weight excluding hydrogens is 356 g/mol. The number of hydrogen-bond acceptors (Lipinski definition) is 4. The molecule has 2 aromatic rings. The lowest BCUT2D eigenvalue weighted by Crippen LogP contribution is -2.55. The fraction of sp³-hybridized carbons (Fsp3) is 0.211. The number of fused-ring (bicyclic) bond motifs is 2. The topological polar surface area (TPSA) is 66.9 Å². The summed E-state index contributed by atoms with van der Waals surface area (Å²) >= 11 is 6.06. The maximum Gasteiger partial charge on any atom is 0.262 e. The lowest BCUT2D eigenvalue weighted by atomic mass is 9.96. The Labute approximate surface area is 154 Å². The standard InChI is InChI=1S/C19H15ClN2O4/c1-26-10-21-15-9-12(20)7-6-11(15)8-16(19(21)25)22-17(23)13-4-2-3-5-14(13)18(22)24/h2-7,9,16H,8,10H2,1H3/t16-/m0/s1. The number of imide groups is 1. The normalized spacial score (nSPS) is 19.0. The van der Waals surface area contributed by atoms with Gasteiger partial charge in [-0.2, -0.15) is 0 Å². The van der Waals surface area contributed by atoms with Crippen LogP contribution in [0.5, 0.6) is 0 Å². The number of amides is 3. The number of rotatable bonds is 3. The number of halogens is 1. The lowest BCUT2D eigenvalue weighted by Gasteiger charge is -2.36. The molecule has 2 aromatic carbocycles. The molecule has 26 heavy (non-hydrogen) atoms. The zero-order chi connectivity index (χ0) is 18.4. The van der Waals surface area contributed by atoms with Crippen LogP contribution in [0.4, 0.5) is 5.69 Å². The minimum absolute atomic E-state index is 0.00580. The van der Waals surface area contributed by atoms with E-state index in [2.05, 4.69) is 0 Å². The highest BCUT2D eigenvalue weighted by atomic mass is 35.5. The number of nitrogens with zero attached hydrogens (tertiary/aromatic N) is 2. The predicted octanol–water partition coefficient (Wildman–Crippen LogP) is 2.50. The molecule has 0 aromatic heterocycles. The van der Waals surface area contributed by atoms with E-state index in [1.807, 2.05) is 0 Å². The minimum Gasteiger partial charge on any atom is -0.364 e. The third-order valence-corrected chi connectivity index (χ3v) is 4.93. The Hall–Kier alpha value is -2.70. The van der Waals surface area contributed by atoms with Crippen LogP contribution in [0.3, 0.4) is 0 Å². The van der Waals surface area contributed by atoms with Gasteiger partial charge in [-0.3, -0.25) is 24.2 Å². The fourth-order valence-electron chi connectivity index (χ4n) is 3.51. The van der Waals surface area contributed by atoms with Crippen LogP contribution in [0, 0.1) is 0 Å². The Morgan fingerprint density at radius 3 is 2.35 bits per heavy atom. The second-order valence-electron chi connectivity index (χ2n) is 6.20. The highest BCUT2D eigenvalue weighted by Crippen LogP contribution is 2.35. The summed E-state index contributed by atoms with van der Waals surface area (Å²) in [5.74, 6) is -1.26. The molecule has 0 N–H and O–H groups in total. The van der Waals surface area contributed by atoms with Crippen LogP contribution in [0.15, 0.2) is 42.5 Å². The van der Waals surface area contributed by atoms with Crippen molar-refractivity contribution in [3.8, 4) is 0 Å². The average Bonchev–Trinajstić information content (AvgIpc) is 2.89. The maximum atomic E-state index is 13.1. The molecule has 132 valence electrons. The van der Waals surface area contributed by atoms with Gasteiger partial charge in [0.2, 0.25) is 0 Å². The molecule has 2 aliphatic rings. The van der Waals surface area contributed by atoms with Gasteiger partial charge in [0.15, 0.2) is 0 Å². The van der Waals surface area contributed by atoms with E-state index >= 15 is 0 Å². The molecule has 1 atom stereocenters. The molecule has 0 saturated heterocycles. The molecule has 7 heteroatoms. The quantitative estimate of drug-likeness (QED) is 0.778. The van der Waals surface area contributed by atoms with Crippen LogP contribution in [-0.2, 0) is 16.0 Å². The number of anilines is 1. The molecule has 0 unspecified atom stereocenters. The molecule has 2 aliphatic heterocycles. The molecule has 0 saturated carbocycles. The molecule has 6 nitrogen and oxygen atoms in total. The fourth-order valence-corrected chi connectivity index (χ4v) is 3.68. The average molecular weight is 371 g/mol. The maximum absolute atomic E-state index is 13.1. The molecule has 0 radical (unpaired) electrons. The Kier molecular flexibility index (Phi) is 4.01. The van der Waals surface area contributed by atoms with Crippen LogP contribution < -0.4 is 4.90 Å². The van der Waals surface area contributed by atoms with Gasteiger partial charge in [0, 0.05) is 18.6 Å². The molecular formula is C19H15ClN2O4. The van der Waals surface area contributed by atoms with Crippen molar-refractivity contribution in [3.63, 3.8) is 0 Å². The summed E-state index contributed by atoms with van der Waals surface area (Å²) in [7, 11) is 1.48. The van der Waals surface area contributed by atoms with E-state index < -0.39 is 17.9 Å². The Morgan fingerprint density at radius 2 is 1.73 bits per heavy atom. The first-order valence-corrected chi connectivity index (χ1v) is 8.46. The van der Waals surface area contributed by atoms with E-state index in [9.17, 15) is 14.4 Å². The van der Waals surface area contributed by atoms with Gasteiger partial charge in [-0.15, -0.1) is 0 Å². The molecule has 0 aliphatic carbocycles. The summed E-state index contributed by atoms with van der Waals surface area (Å²) in [6.45, 7) is 0.00580. The third kappa shape index (κ3) is 2.41. The van der Waals surface area contributed by atoms with Gasteiger partial charge in [0.1, 0.15) is 12.8 Å². The number of benzene rings is 2. The minimum atomic E-state index is -0.911. The van der Waals surface area contributed by atoms with Crippen molar-refractivity contribution >= 4 is 35.0 Å². The Morgan fingerprint density at radius 1 is 1.08 bits per heavy atom. The van der Waals surface area contributed by atoms with Crippen molar-refractivity contribution in [3.05, 3.63) is 64.2 Å². The third-order valence-electron chi connectivity index (χ3n) is 4.70. The van der Waals surface area contributed by atoms with E-state index in [4.69, 9.17) is 16.3 Å². The first-order valence-electron chi connectivity index (χ1n) is 8.08. The van der Waals surface area contributed by atoms with Crippen LogP contribution in [0.25, 0.3) is 0 Å². The lowest BCUT2D eigenvalue weighted by molar-refractivity contribution is -0.123. The zero-order valence-electron chi connectivity index (χ0n) is 13.9. The Balaban J connectivity index is 1.77. The van der Waals surface area contributed by atoms with E-state index in [0.29, 0.717) is 21.8 Å². The van der Waals surface area contributed by atoms with Gasteiger partial charge in [-0.05, 0) is 29.8 Å². The molecule has 3 amide bonds. The van der Waals surface area contributed by atoms with Gasteiger partial charge in [0.05, 0.1) is 16.8 Å². The molecule has 0 bridgehead atoms. The van der Waals surface area contributed by atoms with Crippen molar-refractivity contribution in [2.75, 3.05) is 18.7 Å². The summed E-state index contributed by atoms with van der Waals surface area (Å²) in [6.07, 6.45) is 0.247. The number of carbonyl (C=O) groups excluding carboxylic acids is 3. The van der Waals surface area contributed by atoms with Crippen LogP contribution in [-0.4, -0.2) is 42.5 Å². The largest absolute Gasteiger partial charge is 0.364 e. The van der Waals surface area contributed by atoms with Crippen LogP contribution >= 0.6 is 11.6 Å². The van der Waals surface area contributed by atoms with Crippen molar-refractivity contribution in [2.45, 2.75) is 12.5 Å². The monoisotopic (exact) mass is 370 g/mol. The van der Waals surface area contributed by atoms with E-state index in [-0.39, 0.29) is 19.1 Å². The van der Waals surface area contributed by atoms with Crippen molar-refractivity contribution < 1.29 is 19.1 Å². The number of ether oxygens (including phenoxy) is 1. The summed E-state index contributed by atoms with van der Waals surface area (Å²) in [5, 5.41) is 0.497. The Bertz CT molecular complexity index is 908. The van der Waals surface area contributed by atoms with Crippen molar-refractivity contribution in [1.29, 1.82) is 0 Å². The van der Waals surface area contributed by atoms with Gasteiger partial charge in [-0.1, -0.05) is 29.8 Å². The number of carbonyl (C=O) groups is 3. The predicted molar refractivity (Wildman–Crippen MR) is 95.2 cm³/mol. The molecule has 2 heterocycles. The van der Waals surface area contributed by atoms with Crippen molar-refractivity contribution in [2.24, 2.45) is 0 Å². The second-order valence-corrected chi connectivity index (χ2v) is 6.64. The van der Waals surface area contributed by atoms with Gasteiger partial charge in [-0.25, -0.2) is 0 Å².